The third-order valence-corrected chi connectivity index (χ3v) is 3.89. The molecule has 3 aromatic carbocycles. The maximum Gasteiger partial charge on any atom is 0.112 e. The molecular weight excluding hydrogens is 298 g/mol. The molecule has 0 aliphatic carbocycles. The van der Waals surface area contributed by atoms with Crippen molar-refractivity contribution in [2.24, 2.45) is 0 Å². The molecule has 0 saturated heterocycles. The summed E-state index contributed by atoms with van der Waals surface area (Å²) < 4.78 is 0. The van der Waals surface area contributed by atoms with Gasteiger partial charge in [0.25, 0.3) is 0 Å². The minimum Gasteiger partial charge on any atom is -0.397 e. The smallest absolute Gasteiger partial charge is 0.112 e. The average Bonchev–Trinajstić information content (AvgIpc) is 2.62. The normalized spacial score (nSPS) is 12.6. The second kappa shape index (κ2) is 7.74. The van der Waals surface area contributed by atoms with Crippen LogP contribution in [0, 0.1) is 11.3 Å². The van der Waals surface area contributed by atoms with Gasteiger partial charge in [-0.15, -0.1) is 0 Å². The number of aliphatic hydroxyl groups is 2. The minimum atomic E-state index is -1.09. The number of aliphatic hydroxyl groups excluding tert-OH is 1. The first-order valence-corrected chi connectivity index (χ1v) is 7.86. The Morgan fingerprint density at radius 3 is 2.04 bits per heavy atom. The fraction of sp³-hybridized carbons (Fsp3) is 0.190. The van der Waals surface area contributed by atoms with Crippen molar-refractivity contribution in [1.82, 2.24) is 0 Å². The van der Waals surface area contributed by atoms with Crippen LogP contribution in [0.5, 0.6) is 0 Å². The van der Waals surface area contributed by atoms with E-state index in [2.05, 4.69) is 12.1 Å². The Morgan fingerprint density at radius 1 is 0.917 bits per heavy atom. The molecule has 24 heavy (non-hydrogen) atoms. The van der Waals surface area contributed by atoms with Crippen molar-refractivity contribution in [2.45, 2.75) is 19.4 Å². The summed E-state index contributed by atoms with van der Waals surface area (Å²) in [6.07, 6.45) is 0. The van der Waals surface area contributed by atoms with Crippen LogP contribution in [0.15, 0.2) is 66.7 Å². The number of rotatable bonds is 2. The highest BCUT2D eigenvalue weighted by Crippen LogP contribution is 2.31. The molecule has 0 amide bonds. The molecule has 0 saturated carbocycles. The van der Waals surface area contributed by atoms with Gasteiger partial charge >= 0.3 is 0 Å². The molecule has 0 spiro atoms. The Labute approximate surface area is 142 Å². The lowest BCUT2D eigenvalue weighted by Crippen LogP contribution is -2.22. The van der Waals surface area contributed by atoms with Crippen LogP contribution in [0.25, 0.3) is 10.8 Å². The zero-order valence-electron chi connectivity index (χ0n) is 13.9. The van der Waals surface area contributed by atoms with Crippen LogP contribution in [-0.4, -0.2) is 16.8 Å². The lowest BCUT2D eigenvalue weighted by molar-refractivity contribution is 0.102. The second-order valence-corrected chi connectivity index (χ2v) is 5.64. The maximum absolute atomic E-state index is 10.9. The van der Waals surface area contributed by atoms with Crippen molar-refractivity contribution in [3.05, 3.63) is 83.4 Å². The molecule has 122 valence electrons. The number of fused-ring (bicyclic) bond motifs is 1. The number of hydrogen-bond donors (Lipinski definition) is 2. The first-order chi connectivity index (χ1) is 11.5. The Hall–Kier alpha value is -2.67. The van der Waals surface area contributed by atoms with Gasteiger partial charge in [-0.25, -0.2) is 0 Å². The maximum atomic E-state index is 10.9. The van der Waals surface area contributed by atoms with Gasteiger partial charge in [0, 0.05) is 6.61 Å². The molecule has 0 aromatic heterocycles. The Balaban J connectivity index is 0.000000647. The predicted octanol–water partition coefficient (Wildman–Crippen LogP) is 3.97. The molecule has 0 fully saturated rings. The molecule has 0 aliphatic rings. The molecule has 1 atom stereocenters. The van der Waals surface area contributed by atoms with Gasteiger partial charge < -0.3 is 10.2 Å². The highest BCUT2D eigenvalue weighted by molar-refractivity contribution is 5.83. The van der Waals surface area contributed by atoms with E-state index in [1.54, 1.807) is 38.1 Å². The van der Waals surface area contributed by atoms with E-state index in [0.717, 1.165) is 21.9 Å². The molecule has 1 unspecified atom stereocenters. The lowest BCUT2D eigenvalue weighted by Gasteiger charge is -2.25. The number of nitriles is 1. The number of hydrogen-bond acceptors (Lipinski definition) is 3. The number of nitrogens with zero attached hydrogens (tertiary/aromatic N) is 1. The van der Waals surface area contributed by atoms with Crippen LogP contribution in [0.2, 0.25) is 0 Å². The summed E-state index contributed by atoms with van der Waals surface area (Å²) in [5, 5.41) is 29.6. The van der Waals surface area contributed by atoms with E-state index in [1.807, 2.05) is 36.4 Å². The Morgan fingerprint density at radius 2 is 1.46 bits per heavy atom. The number of benzene rings is 3. The Kier molecular flexibility index (Phi) is 5.70. The summed E-state index contributed by atoms with van der Waals surface area (Å²) in [4.78, 5) is 0. The van der Waals surface area contributed by atoms with Crippen LogP contribution in [-0.2, 0) is 5.60 Å². The van der Waals surface area contributed by atoms with E-state index in [-0.39, 0.29) is 6.61 Å². The molecule has 0 radical (unpaired) electrons. The van der Waals surface area contributed by atoms with Crippen molar-refractivity contribution in [3.8, 4) is 6.07 Å². The Bertz CT molecular complexity index is 846. The van der Waals surface area contributed by atoms with E-state index in [1.165, 1.54) is 0 Å². The zero-order chi connectivity index (χ0) is 17.6. The van der Waals surface area contributed by atoms with E-state index >= 15 is 0 Å². The van der Waals surface area contributed by atoms with Gasteiger partial charge in [0.1, 0.15) is 5.60 Å². The molecule has 3 rings (SSSR count). The summed E-state index contributed by atoms with van der Waals surface area (Å²) in [5.74, 6) is 0. The molecular formula is C21H21NO2. The van der Waals surface area contributed by atoms with Gasteiger partial charge in [-0.2, -0.15) is 5.26 Å². The second-order valence-electron chi connectivity index (χ2n) is 5.64. The van der Waals surface area contributed by atoms with E-state index in [9.17, 15) is 5.11 Å². The van der Waals surface area contributed by atoms with Crippen LogP contribution in [0.3, 0.4) is 0 Å². The minimum absolute atomic E-state index is 0.250. The van der Waals surface area contributed by atoms with Crippen LogP contribution in [0.1, 0.15) is 30.5 Å². The fourth-order valence-electron chi connectivity index (χ4n) is 2.53. The van der Waals surface area contributed by atoms with Crippen molar-refractivity contribution in [2.75, 3.05) is 6.61 Å². The summed E-state index contributed by atoms with van der Waals surface area (Å²) in [7, 11) is 0. The van der Waals surface area contributed by atoms with E-state index in [0.29, 0.717) is 5.56 Å². The average molecular weight is 319 g/mol. The zero-order valence-corrected chi connectivity index (χ0v) is 13.9. The van der Waals surface area contributed by atoms with Gasteiger partial charge in [0.15, 0.2) is 0 Å². The SMILES string of the molecule is CC(O)(c1ccc(C#N)cc1)c1ccc2ccccc2c1.CCO. The standard InChI is InChI=1S/C19H15NO.C2H6O/c1-19(21,17-9-6-14(13-20)7-10-17)18-11-8-15-4-2-3-5-16(15)12-18;1-2-3/h2-12,21H,1H3;3H,2H2,1H3. The van der Waals surface area contributed by atoms with E-state index < -0.39 is 5.60 Å². The highest BCUT2D eigenvalue weighted by Gasteiger charge is 2.25. The molecule has 0 heterocycles. The lowest BCUT2D eigenvalue weighted by atomic mass is 9.87. The van der Waals surface area contributed by atoms with Crippen LogP contribution < -0.4 is 0 Å². The molecule has 2 N–H and O–H groups in total. The van der Waals surface area contributed by atoms with E-state index in [4.69, 9.17) is 10.4 Å². The monoisotopic (exact) mass is 319 g/mol. The van der Waals surface area contributed by atoms with Gasteiger partial charge in [-0.3, -0.25) is 0 Å². The molecule has 3 heteroatoms. The topological polar surface area (TPSA) is 64.2 Å². The van der Waals surface area contributed by atoms with Crippen molar-refractivity contribution < 1.29 is 10.2 Å². The molecule has 3 aromatic rings. The third-order valence-electron chi connectivity index (χ3n) is 3.89. The summed E-state index contributed by atoms with van der Waals surface area (Å²) >= 11 is 0. The van der Waals surface area contributed by atoms with Crippen molar-refractivity contribution in [3.63, 3.8) is 0 Å². The molecule has 0 aliphatic heterocycles. The van der Waals surface area contributed by atoms with Crippen LogP contribution in [0.4, 0.5) is 0 Å². The van der Waals surface area contributed by atoms with Gasteiger partial charge in [-0.05, 0) is 53.9 Å². The third kappa shape index (κ3) is 3.80. The first kappa shape index (κ1) is 17.7. The summed E-state index contributed by atoms with van der Waals surface area (Å²) in [6, 6.07) is 23.2. The quantitative estimate of drug-likeness (QED) is 0.751. The summed E-state index contributed by atoms with van der Waals surface area (Å²) in [6.45, 7) is 3.71. The van der Waals surface area contributed by atoms with Gasteiger partial charge in [0.05, 0.1) is 11.6 Å². The van der Waals surface area contributed by atoms with Crippen molar-refractivity contribution >= 4 is 10.8 Å². The van der Waals surface area contributed by atoms with Gasteiger partial charge in [-0.1, -0.05) is 48.5 Å². The van der Waals surface area contributed by atoms with Gasteiger partial charge in [0.2, 0.25) is 0 Å². The highest BCUT2D eigenvalue weighted by atomic mass is 16.3. The summed E-state index contributed by atoms with van der Waals surface area (Å²) in [5.41, 5.74) is 1.12. The fourth-order valence-corrected chi connectivity index (χ4v) is 2.53. The first-order valence-electron chi connectivity index (χ1n) is 7.86. The molecule has 0 bridgehead atoms. The largest absolute Gasteiger partial charge is 0.397 e. The van der Waals surface area contributed by atoms with Crippen LogP contribution >= 0.6 is 0 Å². The van der Waals surface area contributed by atoms with Crippen molar-refractivity contribution in [1.29, 1.82) is 5.26 Å². The predicted molar refractivity (Wildman–Crippen MR) is 96.5 cm³/mol. The molecule has 3 nitrogen and oxygen atoms in total.